The summed E-state index contributed by atoms with van der Waals surface area (Å²) >= 11 is 0. The van der Waals surface area contributed by atoms with Gasteiger partial charge in [0.25, 0.3) is 0 Å². The summed E-state index contributed by atoms with van der Waals surface area (Å²) in [5.41, 5.74) is 3.52. The Labute approximate surface area is 77.1 Å². The zero-order valence-electron chi connectivity index (χ0n) is 7.49. The minimum absolute atomic E-state index is 0.559. The zero-order chi connectivity index (χ0) is 9.52. The van der Waals surface area contributed by atoms with E-state index in [0.29, 0.717) is 12.5 Å². The van der Waals surface area contributed by atoms with E-state index in [9.17, 15) is 0 Å². The maximum atomic E-state index is 5.19. The number of guanidine groups is 1. The molecule has 4 N–H and O–H groups in total. The molecule has 0 spiro atoms. The van der Waals surface area contributed by atoms with Crippen molar-refractivity contribution in [3.8, 4) is 0 Å². The molecule has 0 aliphatic carbocycles. The first kappa shape index (κ1) is 9.47. The van der Waals surface area contributed by atoms with Crippen LogP contribution in [0.2, 0.25) is 0 Å². The van der Waals surface area contributed by atoms with Crippen LogP contribution in [0.25, 0.3) is 0 Å². The molecule has 0 atom stereocenters. The Morgan fingerprint density at radius 3 is 3.08 bits per heavy atom. The van der Waals surface area contributed by atoms with Crippen molar-refractivity contribution in [1.82, 2.24) is 15.7 Å². The molecule has 0 amide bonds. The number of aromatic nitrogens is 1. The highest BCUT2D eigenvalue weighted by atomic mass is 15.3. The van der Waals surface area contributed by atoms with Crippen molar-refractivity contribution in [2.45, 2.75) is 6.54 Å². The zero-order valence-corrected chi connectivity index (χ0v) is 7.49. The normalized spacial score (nSPS) is 11.1. The molecule has 1 aromatic heterocycles. The van der Waals surface area contributed by atoms with Crippen LogP contribution in [-0.4, -0.2) is 18.0 Å². The van der Waals surface area contributed by atoms with Gasteiger partial charge in [-0.3, -0.25) is 15.4 Å². The first-order valence-corrected chi connectivity index (χ1v) is 3.93. The number of hydrogen-bond acceptors (Lipinski definition) is 3. The van der Waals surface area contributed by atoms with Gasteiger partial charge >= 0.3 is 0 Å². The molecular weight excluding hydrogens is 166 g/mol. The molecule has 0 saturated heterocycles. The molecule has 70 valence electrons. The minimum atomic E-state index is 0.559. The van der Waals surface area contributed by atoms with Crippen molar-refractivity contribution < 1.29 is 0 Å². The van der Waals surface area contributed by atoms with Crippen molar-refractivity contribution >= 4 is 5.96 Å². The second-order valence-corrected chi connectivity index (χ2v) is 2.43. The number of hydrazine groups is 1. The van der Waals surface area contributed by atoms with Crippen molar-refractivity contribution in [3.63, 3.8) is 0 Å². The third kappa shape index (κ3) is 3.08. The van der Waals surface area contributed by atoms with Gasteiger partial charge in [-0.05, 0) is 11.6 Å². The highest BCUT2D eigenvalue weighted by molar-refractivity contribution is 5.78. The molecule has 5 nitrogen and oxygen atoms in total. The van der Waals surface area contributed by atoms with Crippen LogP contribution < -0.4 is 16.6 Å². The van der Waals surface area contributed by atoms with E-state index >= 15 is 0 Å². The topological polar surface area (TPSA) is 75.3 Å². The van der Waals surface area contributed by atoms with Crippen molar-refractivity contribution in [2.75, 3.05) is 7.05 Å². The Balaban J connectivity index is 2.43. The lowest BCUT2D eigenvalue weighted by Crippen LogP contribution is -2.41. The quantitative estimate of drug-likeness (QED) is 0.250. The summed E-state index contributed by atoms with van der Waals surface area (Å²) < 4.78 is 0. The average Bonchev–Trinajstić information content (AvgIpc) is 2.21. The monoisotopic (exact) mass is 179 g/mol. The van der Waals surface area contributed by atoms with Gasteiger partial charge in [-0.1, -0.05) is 6.07 Å². The van der Waals surface area contributed by atoms with Gasteiger partial charge in [0, 0.05) is 26.0 Å². The number of rotatable bonds is 2. The largest absolute Gasteiger partial charge is 0.351 e. The number of nitrogens with zero attached hydrogens (tertiary/aromatic N) is 2. The molecule has 1 rings (SSSR count). The fraction of sp³-hybridized carbons (Fsp3) is 0.250. The molecule has 0 aliphatic rings. The molecule has 0 unspecified atom stereocenters. The third-order valence-corrected chi connectivity index (χ3v) is 1.54. The van der Waals surface area contributed by atoms with E-state index in [4.69, 9.17) is 5.84 Å². The summed E-state index contributed by atoms with van der Waals surface area (Å²) in [7, 11) is 1.66. The summed E-state index contributed by atoms with van der Waals surface area (Å²) in [6, 6.07) is 3.86. The first-order valence-electron chi connectivity index (χ1n) is 3.93. The summed E-state index contributed by atoms with van der Waals surface area (Å²) in [4.78, 5) is 7.85. The predicted octanol–water partition coefficient (Wildman–Crippen LogP) is -0.380. The minimum Gasteiger partial charge on any atom is -0.351 e. The van der Waals surface area contributed by atoms with E-state index in [0.717, 1.165) is 5.56 Å². The SMILES string of the molecule is CN=C(NN)NCc1cccnc1. The van der Waals surface area contributed by atoms with Crippen LogP contribution in [0, 0.1) is 0 Å². The number of nitrogens with one attached hydrogen (secondary N) is 2. The molecule has 0 aliphatic heterocycles. The molecule has 1 aromatic rings. The van der Waals surface area contributed by atoms with Crippen LogP contribution >= 0.6 is 0 Å². The summed E-state index contributed by atoms with van der Waals surface area (Å²) in [6.07, 6.45) is 3.52. The molecule has 13 heavy (non-hydrogen) atoms. The number of pyridine rings is 1. The summed E-state index contributed by atoms with van der Waals surface area (Å²) in [5.74, 6) is 5.75. The van der Waals surface area contributed by atoms with Crippen LogP contribution in [0.3, 0.4) is 0 Å². The van der Waals surface area contributed by atoms with Crippen LogP contribution in [0.4, 0.5) is 0 Å². The van der Waals surface area contributed by atoms with Gasteiger partial charge in [0.05, 0.1) is 0 Å². The van der Waals surface area contributed by atoms with Crippen molar-refractivity contribution in [2.24, 2.45) is 10.8 Å². The molecule has 0 radical (unpaired) electrons. The molecule has 0 fully saturated rings. The standard InChI is InChI=1S/C8H13N5/c1-10-8(13-9)12-6-7-3-2-4-11-5-7/h2-5H,6,9H2,1H3,(H2,10,12,13). The van der Waals surface area contributed by atoms with Gasteiger partial charge in [-0.25, -0.2) is 5.84 Å². The number of aliphatic imine (C=N–C) groups is 1. The Morgan fingerprint density at radius 2 is 2.54 bits per heavy atom. The second kappa shape index (κ2) is 5.10. The van der Waals surface area contributed by atoms with Gasteiger partial charge in [0.1, 0.15) is 0 Å². The van der Waals surface area contributed by atoms with E-state index in [1.54, 1.807) is 19.4 Å². The van der Waals surface area contributed by atoms with Crippen LogP contribution in [-0.2, 0) is 6.54 Å². The van der Waals surface area contributed by atoms with E-state index in [1.165, 1.54) is 0 Å². The first-order chi connectivity index (χ1) is 6.36. The highest BCUT2D eigenvalue weighted by Gasteiger charge is 1.93. The van der Waals surface area contributed by atoms with Gasteiger partial charge in [-0.2, -0.15) is 0 Å². The smallest absolute Gasteiger partial charge is 0.205 e. The molecule has 0 saturated carbocycles. The summed E-state index contributed by atoms with van der Waals surface area (Å²) in [5, 5.41) is 3.01. The van der Waals surface area contributed by atoms with Gasteiger partial charge in [-0.15, -0.1) is 0 Å². The van der Waals surface area contributed by atoms with Crippen LogP contribution in [0.1, 0.15) is 5.56 Å². The fourth-order valence-corrected chi connectivity index (χ4v) is 0.883. The lowest BCUT2D eigenvalue weighted by atomic mass is 10.3. The molecule has 0 bridgehead atoms. The van der Waals surface area contributed by atoms with Crippen LogP contribution in [0.15, 0.2) is 29.5 Å². The second-order valence-electron chi connectivity index (χ2n) is 2.43. The Morgan fingerprint density at radius 1 is 1.69 bits per heavy atom. The van der Waals surface area contributed by atoms with E-state index < -0.39 is 0 Å². The Kier molecular flexibility index (Phi) is 3.72. The fourth-order valence-electron chi connectivity index (χ4n) is 0.883. The predicted molar refractivity (Wildman–Crippen MR) is 51.8 cm³/mol. The van der Waals surface area contributed by atoms with Gasteiger partial charge < -0.3 is 5.32 Å². The van der Waals surface area contributed by atoms with Crippen molar-refractivity contribution in [3.05, 3.63) is 30.1 Å². The number of hydrogen-bond donors (Lipinski definition) is 3. The molecule has 1 heterocycles. The molecule has 0 aromatic carbocycles. The highest BCUT2D eigenvalue weighted by Crippen LogP contribution is 1.93. The maximum Gasteiger partial charge on any atom is 0.205 e. The lowest BCUT2D eigenvalue weighted by Gasteiger charge is -2.07. The van der Waals surface area contributed by atoms with Crippen molar-refractivity contribution in [1.29, 1.82) is 0 Å². The van der Waals surface area contributed by atoms with E-state index in [-0.39, 0.29) is 0 Å². The molecule has 5 heteroatoms. The average molecular weight is 179 g/mol. The van der Waals surface area contributed by atoms with Gasteiger partial charge in [0.2, 0.25) is 5.96 Å². The van der Waals surface area contributed by atoms with E-state index in [2.05, 4.69) is 20.7 Å². The van der Waals surface area contributed by atoms with E-state index in [1.807, 2.05) is 12.1 Å². The maximum absolute atomic E-state index is 5.19. The Bertz CT molecular complexity index is 269. The molecular formula is C8H13N5. The van der Waals surface area contributed by atoms with Gasteiger partial charge in [0.15, 0.2) is 0 Å². The summed E-state index contributed by atoms with van der Waals surface area (Å²) in [6.45, 7) is 0.657. The van der Waals surface area contributed by atoms with Crippen LogP contribution in [0.5, 0.6) is 0 Å². The Hall–Kier alpha value is -1.62. The number of nitrogens with two attached hydrogens (primary N) is 1. The lowest BCUT2D eigenvalue weighted by molar-refractivity contribution is 0.836. The third-order valence-electron chi connectivity index (χ3n) is 1.54.